The summed E-state index contributed by atoms with van der Waals surface area (Å²) in [5.41, 5.74) is -1.33. The Kier molecular flexibility index (Phi) is 9.75. The molecule has 1 fully saturated rings. The molecule has 1 aliphatic rings. The lowest BCUT2D eigenvalue weighted by Crippen LogP contribution is -2.58. The number of methoxy groups -OCH3 is 3. The third-order valence-corrected chi connectivity index (χ3v) is 6.15. The van der Waals surface area contributed by atoms with Crippen molar-refractivity contribution in [2.24, 2.45) is 0 Å². The SMILES string of the molecule is COC(=O)[C@@]1(O)C[C@@H](O)[C@H](OC(=O)/C=C/c2ccc(OC)c(O)c2)[C@H](OC(=O)/C=C/c2ccc(OC)c(O)c2)C1. The molecule has 12 heteroatoms. The summed E-state index contributed by atoms with van der Waals surface area (Å²) >= 11 is 0. The Hall–Kier alpha value is -4.55. The first-order valence-corrected chi connectivity index (χ1v) is 12.0. The maximum atomic E-state index is 12.6. The van der Waals surface area contributed by atoms with Gasteiger partial charge in [-0.15, -0.1) is 0 Å². The van der Waals surface area contributed by atoms with Crippen molar-refractivity contribution in [3.63, 3.8) is 0 Å². The second-order valence-corrected chi connectivity index (χ2v) is 8.90. The zero-order chi connectivity index (χ0) is 29.4. The zero-order valence-corrected chi connectivity index (χ0v) is 22.0. The quantitative estimate of drug-likeness (QED) is 0.199. The van der Waals surface area contributed by atoms with Crippen LogP contribution in [-0.2, 0) is 28.6 Å². The molecule has 0 unspecified atom stereocenters. The number of ether oxygens (including phenoxy) is 5. The monoisotopic (exact) mass is 558 g/mol. The highest BCUT2D eigenvalue weighted by molar-refractivity contribution is 5.88. The number of aromatic hydroxyl groups is 2. The minimum absolute atomic E-state index is 0.146. The predicted molar refractivity (Wildman–Crippen MR) is 139 cm³/mol. The molecule has 4 atom stereocenters. The van der Waals surface area contributed by atoms with Gasteiger partial charge in [-0.1, -0.05) is 12.1 Å². The van der Waals surface area contributed by atoms with E-state index >= 15 is 0 Å². The maximum absolute atomic E-state index is 12.6. The van der Waals surface area contributed by atoms with Gasteiger partial charge in [-0.25, -0.2) is 14.4 Å². The number of phenols is 2. The van der Waals surface area contributed by atoms with Crippen LogP contribution < -0.4 is 9.47 Å². The van der Waals surface area contributed by atoms with E-state index in [1.807, 2.05) is 0 Å². The van der Waals surface area contributed by atoms with Gasteiger partial charge in [0, 0.05) is 25.0 Å². The van der Waals surface area contributed by atoms with Crippen LogP contribution in [0.15, 0.2) is 48.6 Å². The molecule has 0 spiro atoms. The highest BCUT2D eigenvalue weighted by Gasteiger charge is 2.52. The molecule has 40 heavy (non-hydrogen) atoms. The lowest BCUT2D eigenvalue weighted by Gasteiger charge is -2.41. The van der Waals surface area contributed by atoms with E-state index in [-0.39, 0.29) is 23.0 Å². The highest BCUT2D eigenvalue weighted by Crippen LogP contribution is 2.34. The number of aliphatic hydroxyl groups is 2. The van der Waals surface area contributed by atoms with Crippen molar-refractivity contribution < 1.29 is 58.5 Å². The molecular weight excluding hydrogens is 528 g/mol. The smallest absolute Gasteiger partial charge is 0.338 e. The van der Waals surface area contributed by atoms with Crippen LogP contribution in [-0.4, -0.2) is 83.6 Å². The molecule has 214 valence electrons. The van der Waals surface area contributed by atoms with E-state index in [0.29, 0.717) is 11.1 Å². The average molecular weight is 559 g/mol. The molecule has 2 aromatic carbocycles. The van der Waals surface area contributed by atoms with Crippen molar-refractivity contribution in [3.8, 4) is 23.0 Å². The summed E-state index contributed by atoms with van der Waals surface area (Å²) in [7, 11) is 3.83. The molecule has 0 amide bonds. The molecule has 0 radical (unpaired) electrons. The summed E-state index contributed by atoms with van der Waals surface area (Å²) in [5.74, 6) is -2.73. The third kappa shape index (κ3) is 7.30. The summed E-state index contributed by atoms with van der Waals surface area (Å²) in [6.45, 7) is 0. The van der Waals surface area contributed by atoms with Crippen LogP contribution in [0.3, 0.4) is 0 Å². The lowest BCUT2D eigenvalue weighted by atomic mass is 9.79. The number of phenolic OH excluding ortho intramolecular Hbond substituents is 2. The van der Waals surface area contributed by atoms with Gasteiger partial charge >= 0.3 is 17.9 Å². The van der Waals surface area contributed by atoms with E-state index in [9.17, 15) is 34.8 Å². The third-order valence-electron chi connectivity index (χ3n) is 6.15. The zero-order valence-electron chi connectivity index (χ0n) is 22.0. The molecule has 0 aliphatic heterocycles. The summed E-state index contributed by atoms with van der Waals surface area (Å²) in [5, 5.41) is 41.3. The molecule has 4 N–H and O–H groups in total. The van der Waals surface area contributed by atoms with E-state index in [2.05, 4.69) is 4.74 Å². The van der Waals surface area contributed by atoms with Crippen molar-refractivity contribution in [2.45, 2.75) is 36.8 Å². The van der Waals surface area contributed by atoms with E-state index < -0.39 is 54.7 Å². The number of aliphatic hydroxyl groups excluding tert-OH is 1. The first kappa shape index (κ1) is 30.0. The molecule has 2 aromatic rings. The first-order chi connectivity index (χ1) is 19.0. The van der Waals surface area contributed by atoms with Crippen LogP contribution in [0.25, 0.3) is 12.2 Å². The van der Waals surface area contributed by atoms with Gasteiger partial charge in [0.05, 0.1) is 27.4 Å². The second kappa shape index (κ2) is 13.0. The highest BCUT2D eigenvalue weighted by atomic mass is 16.6. The number of esters is 3. The largest absolute Gasteiger partial charge is 0.504 e. The standard InChI is InChI=1S/C28H30O12/c1-36-21-8-4-16(12-18(21)29)6-10-24(32)39-23-15-28(35,27(34)38-3)14-20(31)26(23)40-25(33)11-7-17-5-9-22(37-2)19(30)13-17/h4-13,20,23,26,29-31,35H,14-15H2,1-3H3/b10-6+,11-7+/t20-,23-,26+,28-/m1/s1. The fraction of sp³-hybridized carbons (Fsp3) is 0.321. The summed E-state index contributed by atoms with van der Waals surface area (Å²) in [6.07, 6.45) is -0.795. The van der Waals surface area contributed by atoms with Gasteiger partial charge in [0.1, 0.15) is 6.10 Å². The lowest BCUT2D eigenvalue weighted by molar-refractivity contribution is -0.206. The number of hydrogen-bond acceptors (Lipinski definition) is 12. The van der Waals surface area contributed by atoms with Crippen molar-refractivity contribution in [2.75, 3.05) is 21.3 Å². The number of rotatable bonds is 9. The fourth-order valence-corrected chi connectivity index (χ4v) is 4.17. The minimum Gasteiger partial charge on any atom is -0.504 e. The van der Waals surface area contributed by atoms with Crippen LogP contribution in [0, 0.1) is 0 Å². The molecule has 1 aliphatic carbocycles. The van der Waals surface area contributed by atoms with E-state index in [4.69, 9.17) is 18.9 Å². The summed E-state index contributed by atoms with van der Waals surface area (Å²) in [6, 6.07) is 8.84. The van der Waals surface area contributed by atoms with Crippen LogP contribution >= 0.6 is 0 Å². The van der Waals surface area contributed by atoms with Gasteiger partial charge in [0.25, 0.3) is 0 Å². The molecule has 3 rings (SSSR count). The number of carbonyl (C=O) groups excluding carboxylic acids is 3. The summed E-state index contributed by atoms with van der Waals surface area (Å²) < 4.78 is 25.3. The minimum atomic E-state index is -2.20. The maximum Gasteiger partial charge on any atom is 0.338 e. The van der Waals surface area contributed by atoms with Gasteiger partial charge in [-0.2, -0.15) is 0 Å². The van der Waals surface area contributed by atoms with E-state index in [1.54, 1.807) is 12.1 Å². The van der Waals surface area contributed by atoms with Crippen molar-refractivity contribution in [1.82, 2.24) is 0 Å². The van der Waals surface area contributed by atoms with Gasteiger partial charge < -0.3 is 44.1 Å². The Morgan fingerprint density at radius 1 is 0.825 bits per heavy atom. The van der Waals surface area contributed by atoms with Crippen LogP contribution in [0.1, 0.15) is 24.0 Å². The Morgan fingerprint density at radius 3 is 1.77 bits per heavy atom. The number of carbonyl (C=O) groups is 3. The van der Waals surface area contributed by atoms with E-state index in [1.165, 1.54) is 50.6 Å². The van der Waals surface area contributed by atoms with Crippen LogP contribution in [0.2, 0.25) is 0 Å². The predicted octanol–water partition coefficient (Wildman–Crippen LogP) is 1.72. The van der Waals surface area contributed by atoms with Crippen molar-refractivity contribution in [3.05, 3.63) is 59.7 Å². The molecule has 0 heterocycles. The Morgan fingerprint density at radius 2 is 1.32 bits per heavy atom. The Balaban J connectivity index is 1.77. The van der Waals surface area contributed by atoms with Crippen molar-refractivity contribution in [1.29, 1.82) is 0 Å². The number of hydrogen-bond donors (Lipinski definition) is 4. The topological polar surface area (TPSA) is 178 Å². The molecule has 1 saturated carbocycles. The summed E-state index contributed by atoms with van der Waals surface area (Å²) in [4.78, 5) is 37.4. The van der Waals surface area contributed by atoms with Crippen LogP contribution in [0.4, 0.5) is 0 Å². The van der Waals surface area contributed by atoms with Gasteiger partial charge in [0.15, 0.2) is 34.7 Å². The molecule has 0 aromatic heterocycles. The van der Waals surface area contributed by atoms with Gasteiger partial charge in [-0.3, -0.25) is 0 Å². The normalized spacial score (nSPS) is 22.6. The number of benzene rings is 2. The van der Waals surface area contributed by atoms with E-state index in [0.717, 1.165) is 19.3 Å². The van der Waals surface area contributed by atoms with Gasteiger partial charge in [0.2, 0.25) is 0 Å². The van der Waals surface area contributed by atoms with Crippen molar-refractivity contribution >= 4 is 30.1 Å². The molecule has 0 bridgehead atoms. The molecular formula is C28H30O12. The van der Waals surface area contributed by atoms with Gasteiger partial charge in [-0.05, 0) is 47.5 Å². The second-order valence-electron chi connectivity index (χ2n) is 8.90. The fourth-order valence-electron chi connectivity index (χ4n) is 4.17. The molecule has 12 nitrogen and oxygen atoms in total. The molecule has 0 saturated heterocycles. The first-order valence-electron chi connectivity index (χ1n) is 12.0. The Bertz CT molecular complexity index is 1300. The van der Waals surface area contributed by atoms with Crippen LogP contribution in [0.5, 0.6) is 23.0 Å². The average Bonchev–Trinajstić information content (AvgIpc) is 2.92. The Labute approximate surface area is 229 Å².